The molecule has 0 saturated heterocycles. The van der Waals surface area contributed by atoms with Crippen LogP contribution in [-0.2, 0) is 19.0 Å². The third-order valence-electron chi connectivity index (χ3n) is 4.76. The quantitative estimate of drug-likeness (QED) is 0.758. The third kappa shape index (κ3) is 4.42. The number of aliphatic hydroxyl groups excluding tert-OH is 1. The molecule has 4 nitrogen and oxygen atoms in total. The Labute approximate surface area is 154 Å². The summed E-state index contributed by atoms with van der Waals surface area (Å²) in [7, 11) is 0. The van der Waals surface area contributed by atoms with E-state index in [2.05, 4.69) is 5.32 Å². The van der Waals surface area contributed by atoms with Gasteiger partial charge >= 0.3 is 6.18 Å². The van der Waals surface area contributed by atoms with Crippen LogP contribution in [0.1, 0.15) is 51.6 Å². The highest BCUT2D eigenvalue weighted by molar-refractivity contribution is 5.97. The number of benzene rings is 2. The molecule has 0 fully saturated rings. The molecular weight excluding hydrogens is 359 g/mol. The van der Waals surface area contributed by atoms with Crippen LogP contribution in [-0.4, -0.2) is 22.7 Å². The van der Waals surface area contributed by atoms with Gasteiger partial charge in [-0.15, -0.1) is 0 Å². The molecule has 0 bridgehead atoms. The molecule has 3 rings (SSSR count). The number of aromatic hydroxyl groups is 1. The average Bonchev–Trinajstić information content (AvgIpc) is 2.64. The van der Waals surface area contributed by atoms with Crippen molar-refractivity contribution < 1.29 is 28.2 Å². The molecule has 0 radical (unpaired) electrons. The summed E-state index contributed by atoms with van der Waals surface area (Å²) in [4.78, 5) is 12.4. The minimum atomic E-state index is -4.51. The van der Waals surface area contributed by atoms with Gasteiger partial charge in [-0.25, -0.2) is 0 Å². The highest BCUT2D eigenvalue weighted by Gasteiger charge is 2.31. The van der Waals surface area contributed by atoms with Gasteiger partial charge in [-0.05, 0) is 66.6 Å². The molecule has 2 aromatic rings. The van der Waals surface area contributed by atoms with Crippen molar-refractivity contribution in [2.45, 2.75) is 38.0 Å². The minimum absolute atomic E-state index is 0.0554. The Morgan fingerprint density at radius 3 is 2.44 bits per heavy atom. The Balaban J connectivity index is 1.69. The summed E-state index contributed by atoms with van der Waals surface area (Å²) in [6.07, 6.45) is -2.04. The molecule has 0 heterocycles. The molecule has 0 aliphatic heterocycles. The molecule has 1 atom stereocenters. The molecule has 0 spiro atoms. The maximum Gasteiger partial charge on any atom is 0.416 e. The number of rotatable bonds is 4. The summed E-state index contributed by atoms with van der Waals surface area (Å²) >= 11 is 0. The van der Waals surface area contributed by atoms with E-state index < -0.39 is 23.8 Å². The van der Waals surface area contributed by atoms with Crippen LogP contribution in [0.4, 0.5) is 13.2 Å². The summed E-state index contributed by atoms with van der Waals surface area (Å²) in [6.45, 7) is -0.267. The van der Waals surface area contributed by atoms with E-state index in [-0.39, 0.29) is 23.4 Å². The highest BCUT2D eigenvalue weighted by atomic mass is 19.4. The smallest absolute Gasteiger partial charge is 0.416 e. The van der Waals surface area contributed by atoms with Crippen LogP contribution in [0.15, 0.2) is 36.4 Å². The topological polar surface area (TPSA) is 69.6 Å². The second-order valence-electron chi connectivity index (χ2n) is 6.69. The van der Waals surface area contributed by atoms with Crippen molar-refractivity contribution in [3.05, 3.63) is 64.2 Å². The number of amides is 1. The zero-order valence-corrected chi connectivity index (χ0v) is 14.5. The number of phenolic OH excluding ortho intramolecular Hbond substituents is 1. The fourth-order valence-corrected chi connectivity index (χ4v) is 3.28. The van der Waals surface area contributed by atoms with Crippen molar-refractivity contribution >= 4 is 5.91 Å². The van der Waals surface area contributed by atoms with Gasteiger partial charge in [-0.3, -0.25) is 4.79 Å². The van der Waals surface area contributed by atoms with Crippen LogP contribution >= 0.6 is 0 Å². The van der Waals surface area contributed by atoms with Gasteiger partial charge in [0.15, 0.2) is 0 Å². The molecule has 1 aliphatic carbocycles. The summed E-state index contributed by atoms with van der Waals surface area (Å²) < 4.78 is 38.3. The van der Waals surface area contributed by atoms with Gasteiger partial charge < -0.3 is 15.5 Å². The maximum absolute atomic E-state index is 12.8. The molecule has 0 saturated carbocycles. The first-order chi connectivity index (χ1) is 12.8. The largest absolute Gasteiger partial charge is 0.507 e. The van der Waals surface area contributed by atoms with E-state index in [1.807, 2.05) is 0 Å². The first-order valence-electron chi connectivity index (χ1n) is 8.74. The third-order valence-corrected chi connectivity index (χ3v) is 4.76. The summed E-state index contributed by atoms with van der Waals surface area (Å²) in [6, 6.07) is 7.58. The first kappa shape index (κ1) is 19.2. The highest BCUT2D eigenvalue weighted by Crippen LogP contribution is 2.31. The van der Waals surface area contributed by atoms with Gasteiger partial charge in [0.05, 0.1) is 17.2 Å². The lowest BCUT2D eigenvalue weighted by Gasteiger charge is -2.18. The van der Waals surface area contributed by atoms with Crippen molar-refractivity contribution in [2.24, 2.45) is 0 Å². The number of nitrogens with one attached hydrogen (secondary N) is 1. The number of carbonyl (C=O) groups is 1. The fourth-order valence-electron chi connectivity index (χ4n) is 3.28. The molecular formula is C20H20F3NO3. The molecule has 144 valence electrons. The first-order valence-corrected chi connectivity index (χ1v) is 8.74. The van der Waals surface area contributed by atoms with Gasteiger partial charge in [-0.1, -0.05) is 12.1 Å². The number of hydrogen-bond acceptors (Lipinski definition) is 3. The predicted molar refractivity (Wildman–Crippen MR) is 93.5 cm³/mol. The summed E-state index contributed by atoms with van der Waals surface area (Å²) in [5.74, 6) is -0.714. The second-order valence-corrected chi connectivity index (χ2v) is 6.69. The lowest BCUT2D eigenvalue weighted by atomic mass is 9.90. The number of phenols is 1. The van der Waals surface area contributed by atoms with E-state index in [9.17, 15) is 28.2 Å². The molecule has 1 aliphatic rings. The van der Waals surface area contributed by atoms with Crippen molar-refractivity contribution in [2.75, 3.05) is 6.54 Å². The zero-order chi connectivity index (χ0) is 19.6. The van der Waals surface area contributed by atoms with Gasteiger partial charge in [0, 0.05) is 6.54 Å². The normalized spacial score (nSPS) is 15.1. The Hall–Kier alpha value is -2.54. The lowest BCUT2D eigenvalue weighted by molar-refractivity contribution is -0.137. The van der Waals surface area contributed by atoms with Gasteiger partial charge in [0.2, 0.25) is 0 Å². The number of aryl methyl sites for hydroxylation is 2. The maximum atomic E-state index is 12.8. The van der Waals surface area contributed by atoms with Crippen molar-refractivity contribution in [1.82, 2.24) is 5.32 Å². The molecule has 0 aromatic heterocycles. The molecule has 1 amide bonds. The summed E-state index contributed by atoms with van der Waals surface area (Å²) in [5.41, 5.74) is 1.34. The number of alkyl halides is 3. The van der Waals surface area contributed by atoms with Crippen LogP contribution in [0, 0.1) is 0 Å². The fraction of sp³-hybridized carbons (Fsp3) is 0.350. The van der Waals surface area contributed by atoms with Gasteiger partial charge in [-0.2, -0.15) is 13.2 Å². The SMILES string of the molecule is O=C(NCC(O)c1cccc(C(F)(F)F)c1)c1cc2c(cc1O)CCCC2. The number of halogens is 3. The average molecular weight is 379 g/mol. The van der Waals surface area contributed by atoms with Crippen LogP contribution in [0.3, 0.4) is 0 Å². The molecule has 2 aromatic carbocycles. The molecule has 27 heavy (non-hydrogen) atoms. The van der Waals surface area contributed by atoms with E-state index >= 15 is 0 Å². The van der Waals surface area contributed by atoms with Gasteiger partial charge in [0.1, 0.15) is 5.75 Å². The Kier molecular flexibility index (Phi) is 5.41. The predicted octanol–water partition coefficient (Wildman–Crippen LogP) is 3.75. The molecule has 3 N–H and O–H groups in total. The van der Waals surface area contributed by atoms with Crippen LogP contribution in [0.2, 0.25) is 0 Å². The Morgan fingerprint density at radius 2 is 1.78 bits per heavy atom. The Bertz CT molecular complexity index is 849. The van der Waals surface area contributed by atoms with Crippen molar-refractivity contribution in [1.29, 1.82) is 0 Å². The standard InChI is InChI=1S/C20H20F3NO3/c21-20(22,23)15-7-3-6-14(8-15)18(26)11-24-19(27)16-9-12-4-1-2-5-13(12)10-17(16)25/h3,6-10,18,25-26H,1-2,4-5,11H2,(H,24,27). The van der Waals surface area contributed by atoms with Crippen molar-refractivity contribution in [3.8, 4) is 5.75 Å². The molecule has 7 heteroatoms. The van der Waals surface area contributed by atoms with E-state index in [0.29, 0.717) is 0 Å². The number of carbonyl (C=O) groups excluding carboxylic acids is 1. The zero-order valence-electron chi connectivity index (χ0n) is 14.5. The van der Waals surface area contributed by atoms with E-state index in [1.54, 1.807) is 12.1 Å². The Morgan fingerprint density at radius 1 is 1.11 bits per heavy atom. The number of aliphatic hydroxyl groups is 1. The summed E-state index contributed by atoms with van der Waals surface area (Å²) in [5, 5.41) is 22.7. The lowest BCUT2D eigenvalue weighted by Crippen LogP contribution is -2.28. The van der Waals surface area contributed by atoms with E-state index in [0.717, 1.165) is 48.9 Å². The van der Waals surface area contributed by atoms with Gasteiger partial charge in [0.25, 0.3) is 5.91 Å². The monoisotopic (exact) mass is 379 g/mol. The molecule has 1 unspecified atom stereocenters. The van der Waals surface area contributed by atoms with Crippen LogP contribution in [0.25, 0.3) is 0 Å². The van der Waals surface area contributed by atoms with Crippen molar-refractivity contribution in [3.63, 3.8) is 0 Å². The van der Waals surface area contributed by atoms with Crippen LogP contribution in [0.5, 0.6) is 5.75 Å². The number of hydrogen-bond donors (Lipinski definition) is 3. The van der Waals surface area contributed by atoms with Crippen LogP contribution < -0.4 is 5.32 Å². The van der Waals surface area contributed by atoms with E-state index in [4.69, 9.17) is 0 Å². The number of fused-ring (bicyclic) bond motifs is 1. The minimum Gasteiger partial charge on any atom is -0.507 e. The second kappa shape index (κ2) is 7.60. The van der Waals surface area contributed by atoms with E-state index in [1.165, 1.54) is 12.1 Å².